The Morgan fingerprint density at radius 1 is 1.15 bits per heavy atom. The Hall–Kier alpha value is -3.09. The molecule has 0 saturated carbocycles. The third kappa shape index (κ3) is 3.09. The van der Waals surface area contributed by atoms with E-state index < -0.39 is 11.8 Å². The maximum atomic E-state index is 12.5. The smallest absolute Gasteiger partial charge is 0.345 e. The van der Waals surface area contributed by atoms with Crippen LogP contribution in [0.2, 0.25) is 0 Å². The second kappa shape index (κ2) is 6.90. The third-order valence-electron chi connectivity index (χ3n) is 4.61. The van der Waals surface area contributed by atoms with E-state index in [1.807, 2.05) is 54.8 Å². The number of nitrogens with one attached hydrogen (secondary N) is 1. The molecule has 0 saturated heterocycles. The Kier molecular flexibility index (Phi) is 4.43. The van der Waals surface area contributed by atoms with E-state index in [1.54, 1.807) is 17.4 Å². The van der Waals surface area contributed by atoms with E-state index in [2.05, 4.69) is 0 Å². The van der Waals surface area contributed by atoms with Gasteiger partial charge in [0.25, 0.3) is 0 Å². The minimum atomic E-state index is -1.19. The molecule has 1 aromatic heterocycles. The Balaban J connectivity index is 1.74. The number of fused-ring (bicyclic) bond motifs is 1. The summed E-state index contributed by atoms with van der Waals surface area (Å²) in [6.45, 7) is 2.60. The summed E-state index contributed by atoms with van der Waals surface area (Å²) in [5, 5.41) is 12.2. The van der Waals surface area contributed by atoms with Gasteiger partial charge in [0.1, 0.15) is 16.9 Å². The molecular weight excluding hydrogens is 360 g/mol. The number of nitrogens with zero attached hydrogens (tertiary/aromatic N) is 1. The molecule has 2 N–H and O–H groups in total. The first-order chi connectivity index (χ1) is 13.1. The Morgan fingerprint density at radius 2 is 1.93 bits per heavy atom. The summed E-state index contributed by atoms with van der Waals surface area (Å²) in [6, 6.07) is 15.5. The number of rotatable bonds is 4. The maximum absolute atomic E-state index is 12.5. The maximum Gasteiger partial charge on any atom is 0.345 e. The molecule has 0 amide bonds. The fourth-order valence-electron chi connectivity index (χ4n) is 3.20. The van der Waals surface area contributed by atoms with Crippen LogP contribution in [-0.2, 0) is 4.79 Å². The van der Waals surface area contributed by atoms with Crippen LogP contribution in [0.5, 0.6) is 0 Å². The summed E-state index contributed by atoms with van der Waals surface area (Å²) in [5.41, 5.74) is 3.96. The van der Waals surface area contributed by atoms with Gasteiger partial charge in [0.2, 0.25) is 5.78 Å². The Labute approximate surface area is 160 Å². The first-order valence-corrected chi connectivity index (χ1v) is 9.47. The van der Waals surface area contributed by atoms with E-state index >= 15 is 0 Å². The molecule has 27 heavy (non-hydrogen) atoms. The number of carboxylic acid groups (broad SMARTS) is 1. The number of Topliss-reactive ketones (excluding diaryl/α,β-unsaturated/α-hetero) is 1. The number of aliphatic carboxylic acids is 1. The molecule has 6 heteroatoms. The van der Waals surface area contributed by atoms with Crippen LogP contribution in [0.15, 0.2) is 65.7 Å². The number of thiazole rings is 1. The normalized spacial score (nSPS) is 16.0. The van der Waals surface area contributed by atoms with Gasteiger partial charge < -0.3 is 5.11 Å². The number of carbonyl (C=O) groups excluding carboxylic acids is 1. The third-order valence-corrected chi connectivity index (χ3v) is 5.50. The molecule has 4 rings (SSSR count). The standard InChI is InChI=1S/C21H16N2O3S/c1-2-23-11-16(21(25)26)19(24)15-9-8-14(10-18(15)23)20-22-17(12-27-20)13-6-4-3-5-7-13/h3-12H,2H2,1H3,(H,25,26)/p+1. The molecule has 0 bridgehead atoms. The van der Waals surface area contributed by atoms with Gasteiger partial charge in [0.05, 0.1) is 17.8 Å². The van der Waals surface area contributed by atoms with Crippen LogP contribution >= 0.6 is 11.3 Å². The fraction of sp³-hybridized carbons (Fsp3) is 0.0952. The largest absolute Gasteiger partial charge is 0.477 e. The van der Waals surface area contributed by atoms with E-state index in [1.165, 1.54) is 6.20 Å². The van der Waals surface area contributed by atoms with Gasteiger partial charge in [-0.25, -0.2) is 9.78 Å². The second-order valence-corrected chi connectivity index (χ2v) is 7.09. The van der Waals surface area contributed by atoms with Crippen LogP contribution < -0.4 is 4.90 Å². The lowest BCUT2D eigenvalue weighted by molar-refractivity contribution is -0.773. The van der Waals surface area contributed by atoms with Crippen molar-refractivity contribution in [2.45, 2.75) is 6.92 Å². The molecule has 3 aromatic rings. The number of ketones is 1. The van der Waals surface area contributed by atoms with Crippen molar-refractivity contribution in [3.63, 3.8) is 0 Å². The average Bonchev–Trinajstić information content (AvgIpc) is 3.19. The molecule has 5 nitrogen and oxygen atoms in total. The summed E-state index contributed by atoms with van der Waals surface area (Å²) >= 11 is 1.55. The van der Waals surface area contributed by atoms with Gasteiger partial charge in [-0.1, -0.05) is 36.4 Å². The lowest BCUT2D eigenvalue weighted by Gasteiger charge is -2.21. The highest BCUT2D eigenvalue weighted by Gasteiger charge is 2.33. The second-order valence-electron chi connectivity index (χ2n) is 6.24. The summed E-state index contributed by atoms with van der Waals surface area (Å²) < 4.78 is 0. The van der Waals surface area contributed by atoms with Crippen LogP contribution in [0.1, 0.15) is 17.3 Å². The predicted octanol–water partition coefficient (Wildman–Crippen LogP) is 3.18. The number of hydrogen-bond donors (Lipinski definition) is 2. The van der Waals surface area contributed by atoms with Crippen molar-refractivity contribution < 1.29 is 19.6 Å². The summed E-state index contributed by atoms with van der Waals surface area (Å²) in [6.07, 6.45) is 1.49. The molecule has 2 aromatic carbocycles. The van der Waals surface area contributed by atoms with E-state index in [9.17, 15) is 14.7 Å². The van der Waals surface area contributed by atoms with Crippen LogP contribution in [-0.4, -0.2) is 28.4 Å². The number of carboxylic acids is 1. The van der Waals surface area contributed by atoms with Crippen molar-refractivity contribution >= 4 is 28.8 Å². The van der Waals surface area contributed by atoms with Crippen molar-refractivity contribution in [1.82, 2.24) is 4.98 Å². The lowest BCUT2D eigenvalue weighted by Crippen LogP contribution is -3.03. The number of aromatic nitrogens is 1. The van der Waals surface area contributed by atoms with Crippen molar-refractivity contribution in [2.24, 2.45) is 0 Å². The summed E-state index contributed by atoms with van der Waals surface area (Å²) in [5.74, 6) is -1.63. The molecule has 1 aliphatic rings. The topological polar surface area (TPSA) is 71.7 Å². The van der Waals surface area contributed by atoms with Gasteiger partial charge in [0.15, 0.2) is 5.57 Å². The predicted molar refractivity (Wildman–Crippen MR) is 104 cm³/mol. The molecule has 0 spiro atoms. The number of carbonyl (C=O) groups is 2. The Bertz CT molecular complexity index is 1070. The minimum absolute atomic E-state index is 0.173. The van der Waals surface area contributed by atoms with Crippen LogP contribution in [0, 0.1) is 0 Å². The van der Waals surface area contributed by atoms with Gasteiger partial charge in [0, 0.05) is 22.6 Å². The zero-order chi connectivity index (χ0) is 19.0. The summed E-state index contributed by atoms with van der Waals surface area (Å²) in [4.78, 5) is 29.4. The zero-order valence-corrected chi connectivity index (χ0v) is 15.4. The highest BCUT2D eigenvalue weighted by molar-refractivity contribution is 7.13. The van der Waals surface area contributed by atoms with E-state index in [0.717, 1.165) is 32.4 Å². The highest BCUT2D eigenvalue weighted by Crippen LogP contribution is 2.31. The molecule has 0 aliphatic carbocycles. The van der Waals surface area contributed by atoms with E-state index in [-0.39, 0.29) is 5.57 Å². The minimum Gasteiger partial charge on any atom is -0.477 e. The highest BCUT2D eigenvalue weighted by atomic mass is 32.1. The lowest BCUT2D eigenvalue weighted by atomic mass is 9.96. The van der Waals surface area contributed by atoms with Gasteiger partial charge in [-0.05, 0) is 13.0 Å². The van der Waals surface area contributed by atoms with Crippen LogP contribution in [0.25, 0.3) is 21.8 Å². The summed E-state index contributed by atoms with van der Waals surface area (Å²) in [7, 11) is 0. The molecule has 2 heterocycles. The van der Waals surface area contributed by atoms with Crippen molar-refractivity contribution in [2.75, 3.05) is 6.54 Å². The SMILES string of the molecule is CC[NH+]1C=C(C(=O)O)C(=O)c2ccc(-c3nc(-c4ccccc4)cs3)cc21. The first kappa shape index (κ1) is 17.3. The van der Waals surface area contributed by atoms with Crippen molar-refractivity contribution in [3.05, 3.63) is 71.2 Å². The van der Waals surface area contributed by atoms with Gasteiger partial charge in [-0.2, -0.15) is 0 Å². The quantitative estimate of drug-likeness (QED) is 0.685. The fourth-order valence-corrected chi connectivity index (χ4v) is 4.03. The van der Waals surface area contributed by atoms with Crippen LogP contribution in [0.3, 0.4) is 0 Å². The average molecular weight is 377 g/mol. The molecule has 1 unspecified atom stereocenters. The molecule has 1 atom stereocenters. The van der Waals surface area contributed by atoms with E-state index in [4.69, 9.17) is 4.98 Å². The number of quaternary nitrogens is 1. The molecule has 0 fully saturated rings. The molecule has 0 radical (unpaired) electrons. The zero-order valence-electron chi connectivity index (χ0n) is 14.6. The van der Waals surface area contributed by atoms with E-state index in [0.29, 0.717) is 12.1 Å². The molecule has 1 aliphatic heterocycles. The monoisotopic (exact) mass is 377 g/mol. The molecule has 134 valence electrons. The Morgan fingerprint density at radius 3 is 2.63 bits per heavy atom. The van der Waals surface area contributed by atoms with Gasteiger partial charge in [-0.15, -0.1) is 11.3 Å². The first-order valence-electron chi connectivity index (χ1n) is 8.59. The van der Waals surface area contributed by atoms with Gasteiger partial charge >= 0.3 is 5.97 Å². The van der Waals surface area contributed by atoms with Crippen LogP contribution in [0.4, 0.5) is 5.69 Å². The number of hydrogen-bond acceptors (Lipinski definition) is 4. The van der Waals surface area contributed by atoms with Crippen molar-refractivity contribution in [1.29, 1.82) is 0 Å². The number of benzene rings is 2. The molecular formula is C21H17N2O3S+. The van der Waals surface area contributed by atoms with Gasteiger partial charge in [-0.3, -0.25) is 9.69 Å². The van der Waals surface area contributed by atoms with Crippen molar-refractivity contribution in [3.8, 4) is 21.8 Å².